The largest absolute Gasteiger partial charge is 0.239 e. The van der Waals surface area contributed by atoms with E-state index in [0.29, 0.717) is 5.56 Å². The second kappa shape index (κ2) is 7.83. The molecule has 142 valence electrons. The number of sulfone groups is 2. The van der Waals surface area contributed by atoms with Crippen molar-refractivity contribution in [1.29, 1.82) is 0 Å². The first-order valence-corrected chi connectivity index (χ1v) is 13.0. The van der Waals surface area contributed by atoms with E-state index in [1.165, 1.54) is 24.3 Å². The van der Waals surface area contributed by atoms with E-state index in [1.54, 1.807) is 19.1 Å². The van der Waals surface area contributed by atoms with E-state index in [9.17, 15) is 16.8 Å². The molecule has 4 nitrogen and oxygen atoms in total. The van der Waals surface area contributed by atoms with Crippen molar-refractivity contribution in [3.05, 3.63) is 52.5 Å². The summed E-state index contributed by atoms with van der Waals surface area (Å²) in [5.41, 5.74) is 1.24. The molecule has 0 spiro atoms. The zero-order valence-electron chi connectivity index (χ0n) is 13.6. The van der Waals surface area contributed by atoms with Crippen LogP contribution in [-0.2, 0) is 26.1 Å². The van der Waals surface area contributed by atoms with Crippen molar-refractivity contribution in [3.63, 3.8) is 0 Å². The molecule has 0 fully saturated rings. The number of hydrogen-bond donors (Lipinski definition) is 0. The standard InChI is InChI=1S/C16H14Br3ClO4S2/c1-3-11-8-13(25(21,22)12-6-4-10(2)5-7-12)9-14(20)15(11)26(23,24)16(17,18)19/h4-9H,3H2,1-2H3. The van der Waals surface area contributed by atoms with Gasteiger partial charge in [-0.25, -0.2) is 16.8 Å². The highest BCUT2D eigenvalue weighted by atomic mass is 80.0. The zero-order chi connectivity index (χ0) is 19.9. The van der Waals surface area contributed by atoms with E-state index in [1.807, 2.05) is 6.92 Å². The number of halogens is 4. The van der Waals surface area contributed by atoms with Gasteiger partial charge in [0.25, 0.3) is 0 Å². The summed E-state index contributed by atoms with van der Waals surface area (Å²) in [6.45, 7) is 3.58. The molecule has 0 bridgehead atoms. The number of hydrogen-bond acceptors (Lipinski definition) is 4. The third-order valence-electron chi connectivity index (χ3n) is 3.69. The molecule has 0 atom stereocenters. The lowest BCUT2D eigenvalue weighted by molar-refractivity contribution is 0.592. The maximum absolute atomic E-state index is 12.9. The van der Waals surface area contributed by atoms with Gasteiger partial charge in [0.15, 0.2) is 0 Å². The monoisotopic (exact) mass is 606 g/mol. The minimum Gasteiger partial charge on any atom is -0.220 e. The number of alkyl halides is 3. The molecule has 2 aromatic rings. The minimum absolute atomic E-state index is 0.0496. The van der Waals surface area contributed by atoms with Crippen molar-refractivity contribution in [2.45, 2.75) is 36.4 Å². The molecule has 0 unspecified atom stereocenters. The van der Waals surface area contributed by atoms with Crippen LogP contribution in [0.25, 0.3) is 0 Å². The third-order valence-corrected chi connectivity index (χ3v) is 11.3. The molecule has 0 radical (unpaired) electrons. The second-order valence-electron chi connectivity index (χ2n) is 5.51. The van der Waals surface area contributed by atoms with E-state index < -0.39 is 21.1 Å². The topological polar surface area (TPSA) is 68.3 Å². The predicted molar refractivity (Wildman–Crippen MR) is 114 cm³/mol. The van der Waals surface area contributed by atoms with E-state index in [4.69, 9.17) is 11.6 Å². The number of aryl methyl sites for hydroxylation is 2. The van der Waals surface area contributed by atoms with Gasteiger partial charge >= 0.3 is 0 Å². The third kappa shape index (κ3) is 4.22. The summed E-state index contributed by atoms with van der Waals surface area (Å²) in [5.74, 6) is 0. The van der Waals surface area contributed by atoms with Gasteiger partial charge in [0, 0.05) is 0 Å². The Morgan fingerprint density at radius 2 is 1.50 bits per heavy atom. The quantitative estimate of drug-likeness (QED) is 0.423. The molecular weight excluding hydrogens is 595 g/mol. The smallest absolute Gasteiger partial charge is 0.220 e. The minimum atomic E-state index is -3.96. The average Bonchev–Trinajstić information content (AvgIpc) is 2.53. The van der Waals surface area contributed by atoms with Crippen LogP contribution in [0.3, 0.4) is 0 Å². The van der Waals surface area contributed by atoms with Crippen LogP contribution in [0.4, 0.5) is 0 Å². The van der Waals surface area contributed by atoms with Crippen molar-refractivity contribution < 1.29 is 16.8 Å². The van der Waals surface area contributed by atoms with Gasteiger partial charge in [0.2, 0.25) is 21.1 Å². The highest BCUT2D eigenvalue weighted by Crippen LogP contribution is 2.46. The van der Waals surface area contributed by atoms with Crippen LogP contribution in [0.15, 0.2) is 51.1 Å². The highest BCUT2D eigenvalue weighted by molar-refractivity contribution is 9.42. The average molecular weight is 610 g/mol. The van der Waals surface area contributed by atoms with Crippen molar-refractivity contribution in [2.75, 3.05) is 0 Å². The van der Waals surface area contributed by atoms with Gasteiger partial charge in [-0.2, -0.15) is 0 Å². The lowest BCUT2D eigenvalue weighted by Crippen LogP contribution is -2.20. The second-order valence-corrected chi connectivity index (χ2v) is 18.2. The molecule has 2 aromatic carbocycles. The SMILES string of the molecule is CCc1cc(S(=O)(=O)c2ccc(C)cc2)cc(Cl)c1S(=O)(=O)C(Br)(Br)Br. The Labute approximate surface area is 183 Å². The van der Waals surface area contributed by atoms with E-state index in [-0.39, 0.29) is 26.1 Å². The van der Waals surface area contributed by atoms with Crippen molar-refractivity contribution in [3.8, 4) is 0 Å². The molecule has 0 N–H and O–H groups in total. The summed E-state index contributed by atoms with van der Waals surface area (Å²) < 4.78 is 49.7. The summed E-state index contributed by atoms with van der Waals surface area (Å²) in [5, 5.41) is -0.155. The predicted octanol–water partition coefficient (Wildman–Crippen LogP) is 5.61. The molecule has 0 aromatic heterocycles. The summed E-state index contributed by atoms with van der Waals surface area (Å²) >= 11 is 15.2. The van der Waals surface area contributed by atoms with Crippen LogP contribution in [0.2, 0.25) is 5.02 Å². The molecular formula is C16H14Br3ClO4S2. The first-order valence-electron chi connectivity index (χ1n) is 7.28. The van der Waals surface area contributed by atoms with Crippen molar-refractivity contribution in [1.82, 2.24) is 0 Å². The van der Waals surface area contributed by atoms with E-state index in [2.05, 4.69) is 47.8 Å². The Hall–Kier alpha value is 0.0700. The zero-order valence-corrected chi connectivity index (χ0v) is 20.8. The fourth-order valence-electron chi connectivity index (χ4n) is 2.31. The fourth-order valence-corrected chi connectivity index (χ4v) is 6.81. The molecule has 2 rings (SSSR count). The van der Waals surface area contributed by atoms with E-state index >= 15 is 0 Å². The number of rotatable bonds is 4. The molecule has 0 heterocycles. The first-order chi connectivity index (χ1) is 11.8. The summed E-state index contributed by atoms with van der Waals surface area (Å²) in [6, 6.07) is 8.94. The van der Waals surface area contributed by atoms with Crippen LogP contribution in [0.1, 0.15) is 18.1 Å². The van der Waals surface area contributed by atoms with E-state index in [0.717, 1.165) is 5.56 Å². The first kappa shape index (κ1) is 22.4. The van der Waals surface area contributed by atoms with Gasteiger partial charge in [0.05, 0.1) is 19.7 Å². The highest BCUT2D eigenvalue weighted by Gasteiger charge is 2.40. The van der Waals surface area contributed by atoms with Crippen LogP contribution < -0.4 is 0 Å². The molecule has 10 heteroatoms. The molecule has 0 aliphatic rings. The fraction of sp³-hybridized carbons (Fsp3) is 0.250. The molecule has 26 heavy (non-hydrogen) atoms. The molecule has 0 saturated heterocycles. The van der Waals surface area contributed by atoms with Gasteiger partial charge in [-0.3, -0.25) is 0 Å². The van der Waals surface area contributed by atoms with Crippen LogP contribution in [-0.4, -0.2) is 18.3 Å². The Morgan fingerprint density at radius 1 is 0.962 bits per heavy atom. The number of benzene rings is 2. The lowest BCUT2D eigenvalue weighted by atomic mass is 10.2. The van der Waals surface area contributed by atoms with Gasteiger partial charge in [-0.05, 0) is 91.0 Å². The van der Waals surface area contributed by atoms with Crippen molar-refractivity contribution in [2.24, 2.45) is 0 Å². The van der Waals surface area contributed by atoms with Gasteiger partial charge in [-0.15, -0.1) is 0 Å². The Kier molecular flexibility index (Phi) is 6.73. The van der Waals surface area contributed by atoms with Crippen LogP contribution >= 0.6 is 59.4 Å². The molecule has 0 aliphatic heterocycles. The van der Waals surface area contributed by atoms with Gasteiger partial charge < -0.3 is 0 Å². The van der Waals surface area contributed by atoms with Gasteiger partial charge in [-0.1, -0.05) is 36.2 Å². The van der Waals surface area contributed by atoms with Crippen molar-refractivity contribution >= 4 is 79.1 Å². The lowest BCUT2D eigenvalue weighted by Gasteiger charge is -2.19. The Bertz CT molecular complexity index is 1040. The van der Waals surface area contributed by atoms with Crippen LogP contribution in [0.5, 0.6) is 0 Å². The molecule has 0 amide bonds. The van der Waals surface area contributed by atoms with Crippen LogP contribution in [0, 0.1) is 6.92 Å². The summed E-state index contributed by atoms with van der Waals surface area (Å²) in [7, 11) is -7.78. The summed E-state index contributed by atoms with van der Waals surface area (Å²) in [4.78, 5) is -0.0609. The Morgan fingerprint density at radius 3 is 1.96 bits per heavy atom. The van der Waals surface area contributed by atoms with Gasteiger partial charge in [0.1, 0.15) is 0 Å². The maximum atomic E-state index is 12.9. The Balaban J connectivity index is 2.73. The maximum Gasteiger partial charge on any atom is 0.239 e. The normalized spacial score (nSPS) is 13.0. The summed E-state index contributed by atoms with van der Waals surface area (Å²) in [6.07, 6.45) is 0.286. The molecule has 0 aliphatic carbocycles. The molecule has 0 saturated carbocycles.